The molecule has 0 radical (unpaired) electrons. The molecule has 0 aliphatic rings. The number of hydrogen-bond donors (Lipinski definition) is 0. The summed E-state index contributed by atoms with van der Waals surface area (Å²) in [6.07, 6.45) is 1.69. The number of rotatable bonds is 2. The van der Waals surface area contributed by atoms with Crippen LogP contribution in [0.3, 0.4) is 0 Å². The predicted molar refractivity (Wildman–Crippen MR) is 49.1 cm³/mol. The molecule has 12 heavy (non-hydrogen) atoms. The highest BCUT2D eigenvalue weighted by atomic mass is 32.1. The van der Waals surface area contributed by atoms with E-state index in [1.807, 2.05) is 17.5 Å². The monoisotopic (exact) mass is 178 g/mol. The standard InChI is InChI=1S/C8H6N2OS/c11-10-5-6-3-8-7(9-4-6)1-2-12-8/h1-4H,5H2. The number of nitroso groups, excluding NO2 is 1. The number of fused-ring (bicyclic) bond motifs is 1. The second-order valence-corrected chi connectivity index (χ2v) is 3.38. The molecule has 0 unspecified atom stereocenters. The first-order chi connectivity index (χ1) is 5.90. The third-order valence-corrected chi connectivity index (χ3v) is 2.46. The molecule has 0 fully saturated rings. The zero-order chi connectivity index (χ0) is 8.39. The molecule has 0 aliphatic heterocycles. The quantitative estimate of drug-likeness (QED) is 0.663. The van der Waals surface area contributed by atoms with Crippen molar-refractivity contribution >= 4 is 21.6 Å². The van der Waals surface area contributed by atoms with Crippen LogP contribution in [-0.2, 0) is 6.54 Å². The van der Waals surface area contributed by atoms with Crippen LogP contribution in [0.25, 0.3) is 10.2 Å². The predicted octanol–water partition coefficient (Wildman–Crippen LogP) is 2.56. The topological polar surface area (TPSA) is 42.3 Å². The molecule has 0 bridgehead atoms. The summed E-state index contributed by atoms with van der Waals surface area (Å²) in [5.41, 5.74) is 1.86. The second-order valence-electron chi connectivity index (χ2n) is 2.43. The first-order valence-electron chi connectivity index (χ1n) is 3.51. The minimum Gasteiger partial charge on any atom is -0.255 e. The Morgan fingerprint density at radius 1 is 1.58 bits per heavy atom. The van der Waals surface area contributed by atoms with E-state index in [1.165, 1.54) is 0 Å². The fourth-order valence-corrected chi connectivity index (χ4v) is 1.85. The fraction of sp³-hybridized carbons (Fsp3) is 0.125. The van der Waals surface area contributed by atoms with Crippen molar-refractivity contribution in [3.63, 3.8) is 0 Å². The summed E-state index contributed by atoms with van der Waals surface area (Å²) in [6.45, 7) is 0.209. The maximum Gasteiger partial charge on any atom is 0.108 e. The number of aromatic nitrogens is 1. The summed E-state index contributed by atoms with van der Waals surface area (Å²) in [5.74, 6) is 0. The molecule has 0 atom stereocenters. The van der Waals surface area contributed by atoms with Crippen LogP contribution in [-0.4, -0.2) is 4.98 Å². The van der Waals surface area contributed by atoms with Gasteiger partial charge in [0.2, 0.25) is 0 Å². The number of nitrogens with zero attached hydrogens (tertiary/aromatic N) is 2. The SMILES string of the molecule is O=NCc1cnc2ccsc2c1. The summed E-state index contributed by atoms with van der Waals surface area (Å²) in [4.78, 5) is 14.1. The van der Waals surface area contributed by atoms with E-state index < -0.39 is 0 Å². The molecule has 2 heterocycles. The van der Waals surface area contributed by atoms with Gasteiger partial charge in [0.25, 0.3) is 0 Å². The van der Waals surface area contributed by atoms with Gasteiger partial charge in [-0.2, -0.15) is 4.91 Å². The number of pyridine rings is 1. The molecule has 0 N–H and O–H groups in total. The van der Waals surface area contributed by atoms with Gasteiger partial charge in [-0.05, 0) is 23.1 Å². The van der Waals surface area contributed by atoms with E-state index in [9.17, 15) is 4.91 Å². The van der Waals surface area contributed by atoms with Gasteiger partial charge in [0.1, 0.15) is 6.54 Å². The van der Waals surface area contributed by atoms with Crippen LogP contribution >= 0.6 is 11.3 Å². The Morgan fingerprint density at radius 3 is 3.33 bits per heavy atom. The van der Waals surface area contributed by atoms with E-state index >= 15 is 0 Å². The molecule has 3 nitrogen and oxygen atoms in total. The zero-order valence-electron chi connectivity index (χ0n) is 6.23. The van der Waals surface area contributed by atoms with Crippen molar-refractivity contribution in [2.45, 2.75) is 6.54 Å². The summed E-state index contributed by atoms with van der Waals surface area (Å²) in [7, 11) is 0. The van der Waals surface area contributed by atoms with E-state index in [4.69, 9.17) is 0 Å². The average molecular weight is 178 g/mol. The Kier molecular flexibility index (Phi) is 1.83. The number of thiophene rings is 1. The Morgan fingerprint density at radius 2 is 2.50 bits per heavy atom. The Labute approximate surface area is 73.0 Å². The Bertz CT molecular complexity index is 410. The van der Waals surface area contributed by atoms with Gasteiger partial charge in [-0.1, -0.05) is 5.18 Å². The van der Waals surface area contributed by atoms with Gasteiger partial charge < -0.3 is 0 Å². The first kappa shape index (κ1) is 7.36. The van der Waals surface area contributed by atoms with Crippen LogP contribution in [0.1, 0.15) is 5.56 Å². The van der Waals surface area contributed by atoms with E-state index in [0.717, 1.165) is 15.8 Å². The van der Waals surface area contributed by atoms with E-state index in [1.54, 1.807) is 17.5 Å². The van der Waals surface area contributed by atoms with Crippen molar-refractivity contribution in [1.82, 2.24) is 4.98 Å². The average Bonchev–Trinajstić information content (AvgIpc) is 2.51. The van der Waals surface area contributed by atoms with Gasteiger partial charge in [-0.3, -0.25) is 4.98 Å². The largest absolute Gasteiger partial charge is 0.255 e. The van der Waals surface area contributed by atoms with Crippen LogP contribution < -0.4 is 0 Å². The van der Waals surface area contributed by atoms with Gasteiger partial charge >= 0.3 is 0 Å². The smallest absolute Gasteiger partial charge is 0.108 e. The minimum absolute atomic E-state index is 0.209. The summed E-state index contributed by atoms with van der Waals surface area (Å²) < 4.78 is 1.11. The van der Waals surface area contributed by atoms with Crippen molar-refractivity contribution in [2.24, 2.45) is 5.18 Å². The van der Waals surface area contributed by atoms with Crippen molar-refractivity contribution in [3.05, 3.63) is 34.2 Å². The zero-order valence-corrected chi connectivity index (χ0v) is 7.04. The van der Waals surface area contributed by atoms with Crippen LogP contribution in [0.5, 0.6) is 0 Å². The minimum atomic E-state index is 0.209. The molecule has 0 saturated heterocycles. The lowest BCUT2D eigenvalue weighted by molar-refractivity contribution is 1.04. The fourth-order valence-electron chi connectivity index (χ4n) is 1.05. The molecular weight excluding hydrogens is 172 g/mol. The maximum atomic E-state index is 9.97. The lowest BCUT2D eigenvalue weighted by Crippen LogP contribution is -1.81. The van der Waals surface area contributed by atoms with Gasteiger partial charge in [-0.15, -0.1) is 11.3 Å². The highest BCUT2D eigenvalue weighted by Crippen LogP contribution is 2.19. The Hall–Kier alpha value is -1.29. The Balaban J connectivity index is 2.52. The molecule has 0 aliphatic carbocycles. The van der Waals surface area contributed by atoms with Gasteiger partial charge in [0.05, 0.1) is 10.2 Å². The molecule has 60 valence electrons. The summed E-state index contributed by atoms with van der Waals surface area (Å²) in [5, 5.41) is 4.79. The lowest BCUT2D eigenvalue weighted by Gasteiger charge is -1.92. The molecule has 0 amide bonds. The lowest BCUT2D eigenvalue weighted by atomic mass is 10.3. The highest BCUT2D eigenvalue weighted by molar-refractivity contribution is 7.17. The first-order valence-corrected chi connectivity index (χ1v) is 4.39. The molecule has 0 aromatic carbocycles. The molecular formula is C8H6N2OS. The third kappa shape index (κ3) is 1.21. The normalized spacial score (nSPS) is 10.3. The second kappa shape index (κ2) is 2.98. The van der Waals surface area contributed by atoms with E-state index in [2.05, 4.69) is 10.2 Å². The maximum absolute atomic E-state index is 9.97. The molecule has 4 heteroatoms. The van der Waals surface area contributed by atoms with E-state index in [0.29, 0.717) is 0 Å². The van der Waals surface area contributed by atoms with Crippen LogP contribution in [0.4, 0.5) is 0 Å². The summed E-state index contributed by atoms with van der Waals surface area (Å²) in [6, 6.07) is 3.91. The van der Waals surface area contributed by atoms with Crippen LogP contribution in [0.15, 0.2) is 28.9 Å². The van der Waals surface area contributed by atoms with Crippen LogP contribution in [0.2, 0.25) is 0 Å². The molecule has 2 aromatic heterocycles. The van der Waals surface area contributed by atoms with Crippen molar-refractivity contribution in [3.8, 4) is 0 Å². The molecule has 2 aromatic rings. The van der Waals surface area contributed by atoms with Crippen LogP contribution in [0, 0.1) is 4.91 Å². The van der Waals surface area contributed by atoms with Crippen molar-refractivity contribution < 1.29 is 0 Å². The van der Waals surface area contributed by atoms with E-state index in [-0.39, 0.29) is 6.54 Å². The van der Waals surface area contributed by atoms with Gasteiger partial charge in [0.15, 0.2) is 0 Å². The molecule has 0 saturated carbocycles. The van der Waals surface area contributed by atoms with Crippen molar-refractivity contribution in [1.29, 1.82) is 0 Å². The van der Waals surface area contributed by atoms with Gasteiger partial charge in [0, 0.05) is 6.20 Å². The molecule has 2 rings (SSSR count). The van der Waals surface area contributed by atoms with Crippen molar-refractivity contribution in [2.75, 3.05) is 0 Å². The molecule has 0 spiro atoms. The van der Waals surface area contributed by atoms with Gasteiger partial charge in [-0.25, -0.2) is 0 Å². The summed E-state index contributed by atoms with van der Waals surface area (Å²) >= 11 is 1.62. The third-order valence-electron chi connectivity index (χ3n) is 1.61. The highest BCUT2D eigenvalue weighted by Gasteiger charge is 1.97. The number of hydrogen-bond acceptors (Lipinski definition) is 4.